The molecule has 1 saturated carbocycles. The van der Waals surface area contributed by atoms with Crippen molar-refractivity contribution in [2.45, 2.75) is 38.0 Å². The molecule has 2 aliphatic rings. The molecule has 2 nitrogen and oxygen atoms in total. The van der Waals surface area contributed by atoms with Crippen molar-refractivity contribution in [1.29, 1.82) is 5.26 Å². The standard InChI is InChI=1S/C12H12N2/c13-6-9-7-14-11-3-1-2-10(11)12(9)8-4-5-8/h7-8H,1-5H2. The third kappa shape index (κ3) is 1.05. The van der Waals surface area contributed by atoms with Gasteiger partial charge in [0.2, 0.25) is 0 Å². The molecule has 0 radical (unpaired) electrons. The van der Waals surface area contributed by atoms with E-state index in [2.05, 4.69) is 11.1 Å². The second kappa shape index (κ2) is 2.81. The lowest BCUT2D eigenvalue weighted by molar-refractivity contribution is 0.896. The summed E-state index contributed by atoms with van der Waals surface area (Å²) in [6.07, 6.45) is 7.79. The molecule has 0 aliphatic heterocycles. The summed E-state index contributed by atoms with van der Waals surface area (Å²) in [7, 11) is 0. The molecule has 1 heterocycles. The lowest BCUT2D eigenvalue weighted by atomic mass is 9.99. The Morgan fingerprint density at radius 2 is 2.21 bits per heavy atom. The SMILES string of the molecule is N#Cc1cnc2c(c1C1CC1)CCC2. The maximum absolute atomic E-state index is 9.04. The Labute approximate surface area is 83.6 Å². The first-order chi connectivity index (χ1) is 6.90. The number of nitriles is 1. The molecule has 0 unspecified atom stereocenters. The minimum Gasteiger partial charge on any atom is -0.260 e. The molecule has 2 aliphatic carbocycles. The molecule has 0 atom stereocenters. The molecule has 0 bridgehead atoms. The summed E-state index contributed by atoms with van der Waals surface area (Å²) in [5.74, 6) is 0.680. The molecule has 2 heteroatoms. The van der Waals surface area contributed by atoms with Crippen LogP contribution in [0.1, 0.15) is 47.6 Å². The van der Waals surface area contributed by atoms with E-state index in [4.69, 9.17) is 5.26 Å². The van der Waals surface area contributed by atoms with Gasteiger partial charge in [-0.05, 0) is 49.1 Å². The van der Waals surface area contributed by atoms with Crippen LogP contribution < -0.4 is 0 Å². The van der Waals surface area contributed by atoms with Gasteiger partial charge in [-0.25, -0.2) is 0 Å². The normalized spacial score (nSPS) is 19.1. The number of hydrogen-bond acceptors (Lipinski definition) is 2. The van der Waals surface area contributed by atoms with Crippen LogP contribution in [0.4, 0.5) is 0 Å². The Balaban J connectivity index is 2.21. The van der Waals surface area contributed by atoms with E-state index in [-0.39, 0.29) is 0 Å². The van der Waals surface area contributed by atoms with Crippen LogP contribution in [0.15, 0.2) is 6.20 Å². The van der Waals surface area contributed by atoms with Gasteiger partial charge in [-0.3, -0.25) is 4.98 Å². The van der Waals surface area contributed by atoms with Gasteiger partial charge in [0.1, 0.15) is 6.07 Å². The first-order valence-electron chi connectivity index (χ1n) is 5.31. The summed E-state index contributed by atoms with van der Waals surface area (Å²) in [5, 5.41) is 9.04. The fourth-order valence-electron chi connectivity index (χ4n) is 2.46. The summed E-state index contributed by atoms with van der Waals surface area (Å²) in [5.41, 5.74) is 4.83. The minimum atomic E-state index is 0.680. The lowest BCUT2D eigenvalue weighted by Crippen LogP contribution is -1.98. The Bertz CT molecular complexity index is 425. The van der Waals surface area contributed by atoms with E-state index in [0.29, 0.717) is 5.92 Å². The zero-order chi connectivity index (χ0) is 9.54. The third-order valence-electron chi connectivity index (χ3n) is 3.26. The van der Waals surface area contributed by atoms with Gasteiger partial charge in [-0.2, -0.15) is 5.26 Å². The molecule has 0 N–H and O–H groups in total. The van der Waals surface area contributed by atoms with Crippen molar-refractivity contribution in [1.82, 2.24) is 4.98 Å². The van der Waals surface area contributed by atoms with Gasteiger partial charge in [0.25, 0.3) is 0 Å². The van der Waals surface area contributed by atoms with Crippen molar-refractivity contribution >= 4 is 0 Å². The number of fused-ring (bicyclic) bond motifs is 1. The molecule has 0 saturated heterocycles. The second-order valence-electron chi connectivity index (χ2n) is 4.25. The molecule has 0 aromatic carbocycles. The first kappa shape index (κ1) is 7.99. The molecular formula is C12H12N2. The fourth-order valence-corrected chi connectivity index (χ4v) is 2.46. The fraction of sp³-hybridized carbons (Fsp3) is 0.500. The molecule has 1 aromatic rings. The van der Waals surface area contributed by atoms with Crippen molar-refractivity contribution < 1.29 is 0 Å². The van der Waals surface area contributed by atoms with Gasteiger partial charge in [0.15, 0.2) is 0 Å². The lowest BCUT2D eigenvalue weighted by Gasteiger charge is -2.08. The Morgan fingerprint density at radius 1 is 1.36 bits per heavy atom. The summed E-state index contributed by atoms with van der Waals surface area (Å²) in [6.45, 7) is 0. The summed E-state index contributed by atoms with van der Waals surface area (Å²) in [6, 6.07) is 2.28. The van der Waals surface area contributed by atoms with Gasteiger partial charge in [-0.15, -0.1) is 0 Å². The average Bonchev–Trinajstić information content (AvgIpc) is 2.93. The van der Waals surface area contributed by atoms with Crippen molar-refractivity contribution in [3.63, 3.8) is 0 Å². The number of nitrogens with zero attached hydrogens (tertiary/aromatic N) is 2. The van der Waals surface area contributed by atoms with Crippen LogP contribution >= 0.6 is 0 Å². The summed E-state index contributed by atoms with van der Waals surface area (Å²) >= 11 is 0. The quantitative estimate of drug-likeness (QED) is 0.671. The highest BCUT2D eigenvalue weighted by Gasteiger charge is 2.31. The van der Waals surface area contributed by atoms with E-state index in [1.54, 1.807) is 6.20 Å². The maximum atomic E-state index is 9.04. The van der Waals surface area contributed by atoms with E-state index in [1.165, 1.54) is 36.1 Å². The van der Waals surface area contributed by atoms with Crippen molar-refractivity contribution in [3.05, 3.63) is 28.6 Å². The number of pyridine rings is 1. The minimum absolute atomic E-state index is 0.680. The van der Waals surface area contributed by atoms with Gasteiger partial charge >= 0.3 is 0 Å². The molecule has 1 aromatic heterocycles. The van der Waals surface area contributed by atoms with Gasteiger partial charge in [-0.1, -0.05) is 0 Å². The zero-order valence-electron chi connectivity index (χ0n) is 8.08. The molecule has 1 fully saturated rings. The summed E-state index contributed by atoms with van der Waals surface area (Å²) in [4.78, 5) is 4.38. The Kier molecular flexibility index (Phi) is 1.61. The van der Waals surface area contributed by atoms with Crippen LogP contribution in [-0.2, 0) is 12.8 Å². The molecule has 3 rings (SSSR count). The van der Waals surface area contributed by atoms with Crippen molar-refractivity contribution in [2.75, 3.05) is 0 Å². The highest BCUT2D eigenvalue weighted by atomic mass is 14.7. The van der Waals surface area contributed by atoms with Crippen LogP contribution in [0.3, 0.4) is 0 Å². The maximum Gasteiger partial charge on any atom is 0.101 e. The number of aromatic nitrogens is 1. The topological polar surface area (TPSA) is 36.7 Å². The van der Waals surface area contributed by atoms with Gasteiger partial charge in [0.05, 0.1) is 5.56 Å². The van der Waals surface area contributed by atoms with Crippen LogP contribution in [0.2, 0.25) is 0 Å². The van der Waals surface area contributed by atoms with Gasteiger partial charge < -0.3 is 0 Å². The van der Waals surface area contributed by atoms with Crippen molar-refractivity contribution in [3.8, 4) is 6.07 Å². The number of rotatable bonds is 1. The predicted octanol–water partition coefficient (Wildman–Crippen LogP) is 2.32. The largest absolute Gasteiger partial charge is 0.260 e. The number of aryl methyl sites for hydroxylation is 1. The summed E-state index contributed by atoms with van der Waals surface area (Å²) < 4.78 is 0. The predicted molar refractivity (Wildman–Crippen MR) is 53.0 cm³/mol. The third-order valence-corrected chi connectivity index (χ3v) is 3.26. The first-order valence-corrected chi connectivity index (χ1v) is 5.31. The molecule has 0 spiro atoms. The van der Waals surface area contributed by atoms with Crippen molar-refractivity contribution in [2.24, 2.45) is 0 Å². The van der Waals surface area contributed by atoms with Crippen LogP contribution in [-0.4, -0.2) is 4.98 Å². The van der Waals surface area contributed by atoms with Crippen LogP contribution in [0.5, 0.6) is 0 Å². The van der Waals surface area contributed by atoms with E-state index >= 15 is 0 Å². The highest BCUT2D eigenvalue weighted by Crippen LogP contribution is 2.45. The number of hydrogen-bond donors (Lipinski definition) is 0. The molecule has 0 amide bonds. The van der Waals surface area contributed by atoms with Gasteiger partial charge in [0, 0.05) is 11.9 Å². The average molecular weight is 184 g/mol. The van der Waals surface area contributed by atoms with Crippen LogP contribution in [0, 0.1) is 11.3 Å². The second-order valence-corrected chi connectivity index (χ2v) is 4.25. The van der Waals surface area contributed by atoms with E-state index < -0.39 is 0 Å². The zero-order valence-corrected chi connectivity index (χ0v) is 8.08. The monoisotopic (exact) mass is 184 g/mol. The molecule has 70 valence electrons. The molecular weight excluding hydrogens is 172 g/mol. The van der Waals surface area contributed by atoms with Crippen LogP contribution in [0.25, 0.3) is 0 Å². The molecule has 14 heavy (non-hydrogen) atoms. The smallest absolute Gasteiger partial charge is 0.101 e. The highest BCUT2D eigenvalue weighted by molar-refractivity contribution is 5.48. The Morgan fingerprint density at radius 3 is 2.93 bits per heavy atom. The van der Waals surface area contributed by atoms with E-state index in [9.17, 15) is 0 Å². The van der Waals surface area contributed by atoms with E-state index in [1.807, 2.05) is 0 Å². The Hall–Kier alpha value is -1.36. The van der Waals surface area contributed by atoms with E-state index in [0.717, 1.165) is 18.4 Å².